The number of hydrogen-bond acceptors (Lipinski definition) is 3. The smallest absolute Gasteiger partial charge is 0.156 e. The molecule has 1 atom stereocenters. The molecular weight excluding hydrogens is 293 g/mol. The van der Waals surface area contributed by atoms with Gasteiger partial charge in [-0.2, -0.15) is 0 Å². The SMILES string of the molecule is Nc1cc(Cl)cc(Br)c1OCC1CCCO1. The molecule has 1 aliphatic rings. The van der Waals surface area contributed by atoms with Gasteiger partial charge in [-0.05, 0) is 40.9 Å². The summed E-state index contributed by atoms with van der Waals surface area (Å²) in [7, 11) is 0. The van der Waals surface area contributed by atoms with E-state index in [1.54, 1.807) is 12.1 Å². The maximum Gasteiger partial charge on any atom is 0.156 e. The van der Waals surface area contributed by atoms with Crippen LogP contribution in [0.25, 0.3) is 0 Å². The van der Waals surface area contributed by atoms with Gasteiger partial charge in [0.2, 0.25) is 0 Å². The average molecular weight is 307 g/mol. The molecule has 0 radical (unpaired) electrons. The summed E-state index contributed by atoms with van der Waals surface area (Å²) >= 11 is 9.24. The summed E-state index contributed by atoms with van der Waals surface area (Å²) < 4.78 is 11.9. The van der Waals surface area contributed by atoms with Crippen LogP contribution in [0.2, 0.25) is 5.02 Å². The van der Waals surface area contributed by atoms with Crippen LogP contribution in [0.3, 0.4) is 0 Å². The van der Waals surface area contributed by atoms with Gasteiger partial charge in [0.15, 0.2) is 5.75 Å². The van der Waals surface area contributed by atoms with Crippen molar-refractivity contribution in [2.45, 2.75) is 18.9 Å². The molecule has 16 heavy (non-hydrogen) atoms. The Balaban J connectivity index is 2.03. The minimum Gasteiger partial charge on any atom is -0.488 e. The summed E-state index contributed by atoms with van der Waals surface area (Å²) in [5.41, 5.74) is 6.37. The first kappa shape index (κ1) is 12.0. The van der Waals surface area contributed by atoms with Crippen molar-refractivity contribution < 1.29 is 9.47 Å². The lowest BCUT2D eigenvalue weighted by atomic mass is 10.2. The second kappa shape index (κ2) is 5.25. The first-order chi connectivity index (χ1) is 7.66. The average Bonchev–Trinajstić information content (AvgIpc) is 2.68. The van der Waals surface area contributed by atoms with Gasteiger partial charge in [0.25, 0.3) is 0 Å². The van der Waals surface area contributed by atoms with Crippen molar-refractivity contribution in [2.75, 3.05) is 18.9 Å². The van der Waals surface area contributed by atoms with Crippen LogP contribution < -0.4 is 10.5 Å². The number of benzene rings is 1. The minimum atomic E-state index is 0.182. The van der Waals surface area contributed by atoms with Crippen molar-refractivity contribution in [2.24, 2.45) is 0 Å². The van der Waals surface area contributed by atoms with E-state index in [1.165, 1.54) is 0 Å². The zero-order valence-corrected chi connectivity index (χ0v) is 11.1. The van der Waals surface area contributed by atoms with Crippen LogP contribution in [0, 0.1) is 0 Å². The highest BCUT2D eigenvalue weighted by molar-refractivity contribution is 9.10. The van der Waals surface area contributed by atoms with Crippen molar-refractivity contribution in [3.05, 3.63) is 21.6 Å². The summed E-state index contributed by atoms with van der Waals surface area (Å²) in [5.74, 6) is 0.639. The number of rotatable bonds is 3. The van der Waals surface area contributed by atoms with Crippen molar-refractivity contribution in [3.8, 4) is 5.75 Å². The standard InChI is InChI=1S/C11H13BrClNO2/c12-9-4-7(13)5-10(14)11(9)16-6-8-2-1-3-15-8/h4-5,8H,1-3,6,14H2. The van der Waals surface area contributed by atoms with Gasteiger partial charge >= 0.3 is 0 Å². The van der Waals surface area contributed by atoms with Crippen LogP contribution in [0.15, 0.2) is 16.6 Å². The molecule has 1 saturated heterocycles. The van der Waals surface area contributed by atoms with Gasteiger partial charge < -0.3 is 15.2 Å². The monoisotopic (exact) mass is 305 g/mol. The van der Waals surface area contributed by atoms with Crippen molar-refractivity contribution in [3.63, 3.8) is 0 Å². The Morgan fingerprint density at radius 2 is 2.38 bits per heavy atom. The molecule has 2 N–H and O–H groups in total. The fourth-order valence-corrected chi connectivity index (χ4v) is 2.63. The van der Waals surface area contributed by atoms with Gasteiger partial charge in [-0.1, -0.05) is 11.6 Å². The molecule has 1 fully saturated rings. The van der Waals surface area contributed by atoms with Crippen LogP contribution in [-0.2, 0) is 4.74 Å². The Morgan fingerprint density at radius 1 is 1.56 bits per heavy atom. The molecule has 0 aliphatic carbocycles. The maximum absolute atomic E-state index is 5.86. The van der Waals surface area contributed by atoms with Crippen LogP contribution in [0.4, 0.5) is 5.69 Å². The molecule has 1 heterocycles. The molecule has 1 aliphatic heterocycles. The van der Waals surface area contributed by atoms with E-state index in [0.29, 0.717) is 23.1 Å². The van der Waals surface area contributed by atoms with Crippen molar-refractivity contribution in [1.82, 2.24) is 0 Å². The highest BCUT2D eigenvalue weighted by Gasteiger charge is 2.17. The zero-order chi connectivity index (χ0) is 11.5. The molecule has 2 rings (SSSR count). The predicted molar refractivity (Wildman–Crippen MR) is 68.0 cm³/mol. The number of nitrogen functional groups attached to an aromatic ring is 1. The van der Waals surface area contributed by atoms with E-state index in [0.717, 1.165) is 23.9 Å². The van der Waals surface area contributed by atoms with Crippen molar-refractivity contribution >= 4 is 33.2 Å². The van der Waals surface area contributed by atoms with Crippen LogP contribution in [0.5, 0.6) is 5.75 Å². The van der Waals surface area contributed by atoms with Crippen LogP contribution in [0.1, 0.15) is 12.8 Å². The summed E-state index contributed by atoms with van der Waals surface area (Å²) in [6.45, 7) is 1.36. The van der Waals surface area contributed by atoms with E-state index in [9.17, 15) is 0 Å². The second-order valence-electron chi connectivity index (χ2n) is 3.75. The highest BCUT2D eigenvalue weighted by atomic mass is 79.9. The summed E-state index contributed by atoms with van der Waals surface area (Å²) in [5, 5.41) is 0.592. The largest absolute Gasteiger partial charge is 0.488 e. The van der Waals surface area contributed by atoms with E-state index in [-0.39, 0.29) is 6.10 Å². The summed E-state index contributed by atoms with van der Waals surface area (Å²) in [6.07, 6.45) is 2.33. The number of halogens is 2. The lowest BCUT2D eigenvalue weighted by Gasteiger charge is -2.14. The van der Waals surface area contributed by atoms with Gasteiger partial charge in [0.1, 0.15) is 6.61 Å². The van der Waals surface area contributed by atoms with Gasteiger partial charge in [-0.25, -0.2) is 0 Å². The van der Waals surface area contributed by atoms with E-state index in [2.05, 4.69) is 15.9 Å². The van der Waals surface area contributed by atoms with Gasteiger partial charge in [0.05, 0.1) is 16.3 Å². The van der Waals surface area contributed by atoms with Gasteiger partial charge in [-0.15, -0.1) is 0 Å². The Morgan fingerprint density at radius 3 is 3.00 bits per heavy atom. The fraction of sp³-hybridized carbons (Fsp3) is 0.455. The Labute approximate surface area is 108 Å². The third-order valence-electron chi connectivity index (χ3n) is 2.47. The number of ether oxygens (including phenoxy) is 2. The molecular formula is C11H13BrClNO2. The van der Waals surface area contributed by atoms with Gasteiger partial charge in [-0.3, -0.25) is 0 Å². The number of hydrogen-bond donors (Lipinski definition) is 1. The number of nitrogens with two attached hydrogens (primary N) is 1. The lowest BCUT2D eigenvalue weighted by molar-refractivity contribution is 0.0680. The van der Waals surface area contributed by atoms with E-state index >= 15 is 0 Å². The predicted octanol–water partition coefficient (Wildman–Crippen LogP) is 3.24. The lowest BCUT2D eigenvalue weighted by Crippen LogP contribution is -2.17. The molecule has 0 aromatic heterocycles. The molecule has 0 saturated carbocycles. The maximum atomic E-state index is 5.86. The van der Waals surface area contributed by atoms with Crippen LogP contribution in [-0.4, -0.2) is 19.3 Å². The van der Waals surface area contributed by atoms with E-state index < -0.39 is 0 Å². The quantitative estimate of drug-likeness (QED) is 0.872. The van der Waals surface area contributed by atoms with E-state index in [1.807, 2.05) is 0 Å². The first-order valence-electron chi connectivity index (χ1n) is 5.16. The van der Waals surface area contributed by atoms with Crippen molar-refractivity contribution in [1.29, 1.82) is 0 Å². The molecule has 1 aromatic carbocycles. The normalized spacial score (nSPS) is 20.0. The van der Waals surface area contributed by atoms with E-state index in [4.69, 9.17) is 26.8 Å². The zero-order valence-electron chi connectivity index (χ0n) is 8.71. The Hall–Kier alpha value is -0.450. The topological polar surface area (TPSA) is 44.5 Å². The molecule has 5 heteroatoms. The highest BCUT2D eigenvalue weighted by Crippen LogP contribution is 2.34. The third kappa shape index (κ3) is 2.81. The molecule has 3 nitrogen and oxygen atoms in total. The molecule has 1 aromatic rings. The van der Waals surface area contributed by atoms with Gasteiger partial charge in [0, 0.05) is 11.6 Å². The second-order valence-corrected chi connectivity index (χ2v) is 5.04. The Kier molecular flexibility index (Phi) is 3.95. The third-order valence-corrected chi connectivity index (χ3v) is 3.28. The molecule has 1 unspecified atom stereocenters. The Bertz CT molecular complexity index is 357. The van der Waals surface area contributed by atoms with Crippen LogP contribution >= 0.6 is 27.5 Å². The number of anilines is 1. The molecule has 0 spiro atoms. The molecule has 0 bridgehead atoms. The fourth-order valence-electron chi connectivity index (χ4n) is 1.68. The minimum absolute atomic E-state index is 0.182. The molecule has 88 valence electrons. The summed E-state index contributed by atoms with van der Waals surface area (Å²) in [4.78, 5) is 0. The first-order valence-corrected chi connectivity index (χ1v) is 6.33. The molecule has 0 amide bonds. The summed E-state index contributed by atoms with van der Waals surface area (Å²) in [6, 6.07) is 3.44.